The Balaban J connectivity index is 1.37. The van der Waals surface area contributed by atoms with Gasteiger partial charge in [0.25, 0.3) is 0 Å². The van der Waals surface area contributed by atoms with E-state index in [4.69, 9.17) is 5.73 Å². The fourth-order valence-electron chi connectivity index (χ4n) is 5.99. The summed E-state index contributed by atoms with van der Waals surface area (Å²) in [7, 11) is 0. The number of fused-ring (bicyclic) bond motifs is 2. The van der Waals surface area contributed by atoms with Gasteiger partial charge in [-0.3, -0.25) is 14.5 Å². The molecule has 24 heavy (non-hydrogen) atoms. The highest BCUT2D eigenvalue weighted by Gasteiger charge is 2.47. The van der Waals surface area contributed by atoms with Gasteiger partial charge in [0.1, 0.15) is 5.54 Å². The van der Waals surface area contributed by atoms with Crippen molar-refractivity contribution in [1.29, 1.82) is 0 Å². The van der Waals surface area contributed by atoms with E-state index in [0.29, 0.717) is 11.8 Å². The third-order valence-corrected chi connectivity index (χ3v) is 7.39. The molecule has 0 aromatic carbocycles. The molecule has 0 aromatic heterocycles. The number of carbonyl (C=O) groups excluding carboxylic acids is 2. The van der Waals surface area contributed by atoms with Gasteiger partial charge in [0.2, 0.25) is 11.8 Å². The molecule has 4 rings (SSSR count). The second-order valence-corrected chi connectivity index (χ2v) is 8.55. The zero-order valence-corrected chi connectivity index (χ0v) is 14.7. The maximum atomic E-state index is 12.9. The molecule has 1 saturated heterocycles. The molecule has 1 aliphatic heterocycles. The number of amides is 2. The van der Waals surface area contributed by atoms with Crippen molar-refractivity contribution < 1.29 is 9.59 Å². The van der Waals surface area contributed by atoms with Crippen LogP contribution < -0.4 is 5.73 Å². The monoisotopic (exact) mass is 333 g/mol. The van der Waals surface area contributed by atoms with Gasteiger partial charge in [-0.2, -0.15) is 0 Å². The zero-order chi connectivity index (χ0) is 16.7. The molecular formula is C19H31N3O2. The highest BCUT2D eigenvalue weighted by atomic mass is 16.2. The summed E-state index contributed by atoms with van der Waals surface area (Å²) in [4.78, 5) is 29.4. The summed E-state index contributed by atoms with van der Waals surface area (Å²) >= 11 is 0. The number of hydrogen-bond donors (Lipinski definition) is 1. The van der Waals surface area contributed by atoms with Crippen LogP contribution in [0.1, 0.15) is 57.8 Å². The summed E-state index contributed by atoms with van der Waals surface area (Å²) in [5, 5.41) is 0. The lowest BCUT2D eigenvalue weighted by Gasteiger charge is -2.48. The van der Waals surface area contributed by atoms with Gasteiger partial charge in [-0.25, -0.2) is 0 Å². The molecule has 2 bridgehead atoms. The average Bonchev–Trinajstić information content (AvgIpc) is 3.25. The predicted molar refractivity (Wildman–Crippen MR) is 92.1 cm³/mol. The van der Waals surface area contributed by atoms with Gasteiger partial charge in [0.15, 0.2) is 0 Å². The first-order chi connectivity index (χ1) is 11.6. The van der Waals surface area contributed by atoms with Crippen molar-refractivity contribution in [1.82, 2.24) is 9.80 Å². The Hall–Kier alpha value is -1.10. The molecule has 2 N–H and O–H groups in total. The van der Waals surface area contributed by atoms with Crippen LogP contribution in [0.4, 0.5) is 0 Å². The summed E-state index contributed by atoms with van der Waals surface area (Å²) in [5.74, 6) is 1.98. The number of nitrogens with zero attached hydrogens (tertiary/aromatic N) is 2. The Morgan fingerprint density at radius 2 is 1.62 bits per heavy atom. The van der Waals surface area contributed by atoms with E-state index in [9.17, 15) is 9.59 Å². The molecule has 3 atom stereocenters. The smallest absolute Gasteiger partial charge is 0.237 e. The topological polar surface area (TPSA) is 66.6 Å². The quantitative estimate of drug-likeness (QED) is 0.856. The number of carbonyl (C=O) groups is 2. The number of nitrogens with two attached hydrogens (primary N) is 1. The molecule has 4 fully saturated rings. The molecule has 2 amide bonds. The van der Waals surface area contributed by atoms with Crippen LogP contribution in [-0.2, 0) is 9.59 Å². The van der Waals surface area contributed by atoms with Crippen LogP contribution in [0.2, 0.25) is 0 Å². The first-order valence-corrected chi connectivity index (χ1v) is 9.94. The van der Waals surface area contributed by atoms with E-state index in [2.05, 4.69) is 9.80 Å². The van der Waals surface area contributed by atoms with E-state index in [-0.39, 0.29) is 11.8 Å². The van der Waals surface area contributed by atoms with Crippen molar-refractivity contribution in [3.05, 3.63) is 0 Å². The van der Waals surface area contributed by atoms with Crippen LogP contribution in [0.25, 0.3) is 0 Å². The molecule has 5 heteroatoms. The lowest BCUT2D eigenvalue weighted by molar-refractivity contribution is -0.143. The van der Waals surface area contributed by atoms with E-state index in [1.54, 1.807) is 0 Å². The molecule has 3 aliphatic carbocycles. The van der Waals surface area contributed by atoms with Crippen LogP contribution in [0.15, 0.2) is 0 Å². The lowest BCUT2D eigenvalue weighted by Crippen LogP contribution is -2.64. The first-order valence-electron chi connectivity index (χ1n) is 9.94. The Morgan fingerprint density at radius 1 is 0.917 bits per heavy atom. The number of hydrogen-bond acceptors (Lipinski definition) is 3. The van der Waals surface area contributed by atoms with Crippen LogP contribution in [0.5, 0.6) is 0 Å². The van der Waals surface area contributed by atoms with E-state index < -0.39 is 5.54 Å². The van der Waals surface area contributed by atoms with Crippen LogP contribution in [-0.4, -0.2) is 53.3 Å². The Kier molecular flexibility index (Phi) is 4.31. The normalized spacial score (nSPS) is 36.0. The summed E-state index contributed by atoms with van der Waals surface area (Å²) in [5.41, 5.74) is 5.36. The minimum atomic E-state index is -0.445. The fourth-order valence-corrected chi connectivity index (χ4v) is 5.99. The van der Waals surface area contributed by atoms with Crippen molar-refractivity contribution in [2.45, 2.75) is 63.3 Å². The molecular weight excluding hydrogens is 302 g/mol. The minimum Gasteiger partial charge on any atom is -0.368 e. The average molecular weight is 333 g/mol. The highest BCUT2D eigenvalue weighted by molar-refractivity contribution is 5.85. The third kappa shape index (κ3) is 2.65. The van der Waals surface area contributed by atoms with Gasteiger partial charge >= 0.3 is 0 Å². The van der Waals surface area contributed by atoms with Crippen molar-refractivity contribution in [2.75, 3.05) is 26.2 Å². The van der Waals surface area contributed by atoms with E-state index in [1.165, 1.54) is 25.7 Å². The molecule has 0 aromatic rings. The van der Waals surface area contributed by atoms with Gasteiger partial charge in [0, 0.05) is 32.1 Å². The van der Waals surface area contributed by atoms with E-state index in [0.717, 1.165) is 64.2 Å². The van der Waals surface area contributed by atoms with Crippen LogP contribution >= 0.6 is 0 Å². The summed E-state index contributed by atoms with van der Waals surface area (Å²) in [6, 6.07) is 0. The summed E-state index contributed by atoms with van der Waals surface area (Å²) in [6.45, 7) is 3.13. The molecule has 0 radical (unpaired) electrons. The van der Waals surface area contributed by atoms with Crippen LogP contribution in [0.3, 0.4) is 0 Å². The fraction of sp³-hybridized carbons (Fsp3) is 0.895. The molecule has 4 aliphatic rings. The highest BCUT2D eigenvalue weighted by Crippen LogP contribution is 2.49. The predicted octanol–water partition coefficient (Wildman–Crippen LogP) is 1.75. The maximum absolute atomic E-state index is 12.9. The van der Waals surface area contributed by atoms with Crippen molar-refractivity contribution in [3.63, 3.8) is 0 Å². The minimum absolute atomic E-state index is 0.157. The Morgan fingerprint density at radius 3 is 2.17 bits per heavy atom. The second-order valence-electron chi connectivity index (χ2n) is 8.55. The third-order valence-electron chi connectivity index (χ3n) is 7.39. The molecule has 1 heterocycles. The van der Waals surface area contributed by atoms with Crippen molar-refractivity contribution in [2.24, 2.45) is 23.5 Å². The molecule has 3 saturated carbocycles. The molecule has 5 nitrogen and oxygen atoms in total. The number of primary amides is 1. The molecule has 3 unspecified atom stereocenters. The first kappa shape index (κ1) is 16.4. The van der Waals surface area contributed by atoms with Gasteiger partial charge in [-0.1, -0.05) is 25.7 Å². The number of rotatable bonds is 3. The second kappa shape index (κ2) is 6.32. The van der Waals surface area contributed by atoms with Crippen molar-refractivity contribution >= 4 is 11.8 Å². The molecule has 134 valence electrons. The van der Waals surface area contributed by atoms with Gasteiger partial charge in [-0.05, 0) is 43.9 Å². The van der Waals surface area contributed by atoms with Gasteiger partial charge in [-0.15, -0.1) is 0 Å². The molecule has 0 spiro atoms. The summed E-state index contributed by atoms with van der Waals surface area (Å²) in [6.07, 6.45) is 10.2. The number of piperazine rings is 1. The van der Waals surface area contributed by atoms with Crippen LogP contribution in [0, 0.1) is 17.8 Å². The summed E-state index contributed by atoms with van der Waals surface area (Å²) < 4.78 is 0. The Labute approximate surface area is 144 Å². The SMILES string of the molecule is NC(=O)C1(N2CCN(C(=O)C3CC4CCC3C4)CC2)CCCCC1. The standard InChI is InChI=1S/C19H31N3O2/c20-18(24)19(6-2-1-3-7-19)22-10-8-21(9-11-22)17(23)16-13-14-4-5-15(16)12-14/h14-16H,1-13H2,(H2,20,24). The van der Waals surface area contributed by atoms with Gasteiger partial charge in [0.05, 0.1) is 0 Å². The zero-order valence-electron chi connectivity index (χ0n) is 14.7. The Bertz CT molecular complexity index is 507. The maximum Gasteiger partial charge on any atom is 0.237 e. The van der Waals surface area contributed by atoms with E-state index in [1.807, 2.05) is 0 Å². The van der Waals surface area contributed by atoms with E-state index >= 15 is 0 Å². The van der Waals surface area contributed by atoms with Crippen molar-refractivity contribution in [3.8, 4) is 0 Å². The van der Waals surface area contributed by atoms with Gasteiger partial charge < -0.3 is 10.6 Å². The largest absolute Gasteiger partial charge is 0.368 e. The lowest BCUT2D eigenvalue weighted by atomic mass is 9.79.